The van der Waals surface area contributed by atoms with Crippen molar-refractivity contribution in [2.45, 2.75) is 26.3 Å². The van der Waals surface area contributed by atoms with Gasteiger partial charge >= 0.3 is 0 Å². The van der Waals surface area contributed by atoms with Crippen molar-refractivity contribution in [1.29, 1.82) is 0 Å². The van der Waals surface area contributed by atoms with Crippen molar-refractivity contribution in [3.05, 3.63) is 0 Å². The van der Waals surface area contributed by atoms with Gasteiger partial charge in [-0.05, 0) is 5.92 Å². The zero-order valence-corrected chi connectivity index (χ0v) is 5.42. The standard InChI is InChI=1S/C6H13NO/c1-5(2)6(7)3-4-8/h4-6H,3,7H2,1-2H3. The topological polar surface area (TPSA) is 43.1 Å². The van der Waals surface area contributed by atoms with Crippen LogP contribution in [0.25, 0.3) is 0 Å². The Hall–Kier alpha value is -0.370. The quantitative estimate of drug-likeness (QED) is 0.546. The van der Waals surface area contributed by atoms with Crippen LogP contribution in [0, 0.1) is 5.92 Å². The Morgan fingerprint density at radius 1 is 1.62 bits per heavy atom. The maximum absolute atomic E-state index is 9.84. The molecule has 1 unspecified atom stereocenters. The number of carbonyl (C=O) groups is 1. The Morgan fingerprint density at radius 2 is 2.12 bits per heavy atom. The van der Waals surface area contributed by atoms with Crippen LogP contribution in [-0.2, 0) is 4.79 Å². The summed E-state index contributed by atoms with van der Waals surface area (Å²) in [5.41, 5.74) is 5.50. The summed E-state index contributed by atoms with van der Waals surface area (Å²) in [6, 6.07) is 0.0486. The molecule has 0 amide bonds. The van der Waals surface area contributed by atoms with Gasteiger partial charge in [0.2, 0.25) is 0 Å². The van der Waals surface area contributed by atoms with Gasteiger partial charge in [-0.3, -0.25) is 0 Å². The van der Waals surface area contributed by atoms with E-state index in [0.717, 1.165) is 6.29 Å². The molecule has 2 heteroatoms. The van der Waals surface area contributed by atoms with Crippen molar-refractivity contribution >= 4 is 6.29 Å². The summed E-state index contributed by atoms with van der Waals surface area (Å²) in [5.74, 6) is 0.417. The van der Waals surface area contributed by atoms with Crippen LogP contribution in [0.1, 0.15) is 20.3 Å². The van der Waals surface area contributed by atoms with Crippen molar-refractivity contribution in [3.8, 4) is 0 Å². The molecule has 0 aliphatic carbocycles. The van der Waals surface area contributed by atoms with Crippen molar-refractivity contribution in [2.24, 2.45) is 11.7 Å². The van der Waals surface area contributed by atoms with Crippen LogP contribution >= 0.6 is 0 Å². The lowest BCUT2D eigenvalue weighted by Gasteiger charge is -2.10. The molecule has 0 saturated carbocycles. The van der Waals surface area contributed by atoms with E-state index in [9.17, 15) is 4.79 Å². The van der Waals surface area contributed by atoms with Gasteiger partial charge in [0.25, 0.3) is 0 Å². The van der Waals surface area contributed by atoms with E-state index < -0.39 is 0 Å². The molecule has 0 spiro atoms. The summed E-state index contributed by atoms with van der Waals surface area (Å²) >= 11 is 0. The fraction of sp³-hybridized carbons (Fsp3) is 0.833. The smallest absolute Gasteiger partial charge is 0.121 e. The van der Waals surface area contributed by atoms with Gasteiger partial charge in [-0.15, -0.1) is 0 Å². The summed E-state index contributed by atoms with van der Waals surface area (Å²) in [6.07, 6.45) is 1.35. The summed E-state index contributed by atoms with van der Waals surface area (Å²) < 4.78 is 0. The van der Waals surface area contributed by atoms with E-state index in [-0.39, 0.29) is 6.04 Å². The predicted octanol–water partition coefficient (Wildman–Crippen LogP) is 0.559. The van der Waals surface area contributed by atoms with Crippen molar-refractivity contribution in [1.82, 2.24) is 0 Å². The summed E-state index contributed by atoms with van der Waals surface area (Å²) in [4.78, 5) is 9.84. The van der Waals surface area contributed by atoms with Crippen molar-refractivity contribution in [2.75, 3.05) is 0 Å². The van der Waals surface area contributed by atoms with E-state index in [4.69, 9.17) is 5.73 Å². The molecule has 0 aliphatic heterocycles. The Labute approximate surface area is 50.1 Å². The zero-order chi connectivity index (χ0) is 6.57. The van der Waals surface area contributed by atoms with Gasteiger partial charge in [-0.2, -0.15) is 0 Å². The second kappa shape index (κ2) is 3.61. The molecule has 0 saturated heterocycles. The molecule has 2 N–H and O–H groups in total. The average Bonchev–Trinajstić information content (AvgIpc) is 1.67. The number of nitrogens with two attached hydrogens (primary N) is 1. The summed E-state index contributed by atoms with van der Waals surface area (Å²) in [7, 11) is 0. The van der Waals surface area contributed by atoms with Crippen LogP contribution in [-0.4, -0.2) is 12.3 Å². The van der Waals surface area contributed by atoms with E-state index in [0.29, 0.717) is 12.3 Å². The molecule has 0 aromatic heterocycles. The number of aldehydes is 1. The van der Waals surface area contributed by atoms with Gasteiger partial charge in [0, 0.05) is 12.5 Å². The first-order valence-corrected chi connectivity index (χ1v) is 2.87. The third-order valence-electron chi connectivity index (χ3n) is 1.22. The second-order valence-electron chi connectivity index (χ2n) is 2.31. The van der Waals surface area contributed by atoms with Crippen LogP contribution in [0.15, 0.2) is 0 Å². The lowest BCUT2D eigenvalue weighted by atomic mass is 10.0. The fourth-order valence-electron chi connectivity index (χ4n) is 0.383. The summed E-state index contributed by atoms with van der Waals surface area (Å²) in [6.45, 7) is 4.02. The van der Waals surface area contributed by atoms with E-state index >= 15 is 0 Å². The lowest BCUT2D eigenvalue weighted by molar-refractivity contribution is -0.108. The Morgan fingerprint density at radius 3 is 2.25 bits per heavy atom. The van der Waals surface area contributed by atoms with Crippen molar-refractivity contribution < 1.29 is 4.79 Å². The molecular weight excluding hydrogens is 102 g/mol. The van der Waals surface area contributed by atoms with Crippen molar-refractivity contribution in [3.63, 3.8) is 0 Å². The minimum Gasteiger partial charge on any atom is -0.327 e. The normalized spacial score (nSPS) is 14.0. The number of carbonyl (C=O) groups excluding carboxylic acids is 1. The van der Waals surface area contributed by atoms with Crippen LogP contribution in [0.5, 0.6) is 0 Å². The van der Waals surface area contributed by atoms with Gasteiger partial charge in [0.15, 0.2) is 0 Å². The highest BCUT2D eigenvalue weighted by Crippen LogP contribution is 1.99. The maximum Gasteiger partial charge on any atom is 0.121 e. The molecule has 0 radical (unpaired) electrons. The van der Waals surface area contributed by atoms with Gasteiger partial charge in [0.05, 0.1) is 0 Å². The molecule has 2 nitrogen and oxygen atoms in total. The van der Waals surface area contributed by atoms with Crippen LogP contribution < -0.4 is 5.73 Å². The highest BCUT2D eigenvalue weighted by atomic mass is 16.1. The number of hydrogen-bond donors (Lipinski definition) is 1. The SMILES string of the molecule is CC(C)C(N)CC=O. The molecule has 0 fully saturated rings. The Bertz CT molecular complexity index is 70.9. The molecule has 0 rings (SSSR count). The molecule has 0 aliphatic rings. The van der Waals surface area contributed by atoms with E-state index in [2.05, 4.69) is 0 Å². The largest absolute Gasteiger partial charge is 0.327 e. The molecule has 0 heterocycles. The third-order valence-corrected chi connectivity index (χ3v) is 1.22. The first-order valence-electron chi connectivity index (χ1n) is 2.87. The zero-order valence-electron chi connectivity index (χ0n) is 5.42. The first-order chi connectivity index (χ1) is 3.68. The van der Waals surface area contributed by atoms with Crippen LogP contribution in [0.3, 0.4) is 0 Å². The molecular formula is C6H13NO. The van der Waals surface area contributed by atoms with E-state index in [1.165, 1.54) is 0 Å². The summed E-state index contributed by atoms with van der Waals surface area (Å²) in [5, 5.41) is 0. The minimum absolute atomic E-state index is 0.0486. The number of hydrogen-bond acceptors (Lipinski definition) is 2. The maximum atomic E-state index is 9.84. The van der Waals surface area contributed by atoms with E-state index in [1.54, 1.807) is 0 Å². The van der Waals surface area contributed by atoms with Crippen LogP contribution in [0.4, 0.5) is 0 Å². The lowest BCUT2D eigenvalue weighted by Crippen LogP contribution is -2.26. The first kappa shape index (κ1) is 7.63. The molecule has 48 valence electrons. The van der Waals surface area contributed by atoms with Gasteiger partial charge in [0.1, 0.15) is 6.29 Å². The van der Waals surface area contributed by atoms with E-state index in [1.807, 2.05) is 13.8 Å². The second-order valence-corrected chi connectivity index (χ2v) is 2.31. The highest BCUT2D eigenvalue weighted by molar-refractivity contribution is 5.50. The molecule has 0 aromatic carbocycles. The third kappa shape index (κ3) is 2.75. The molecule has 0 bridgehead atoms. The molecule has 0 aromatic rings. The monoisotopic (exact) mass is 115 g/mol. The highest BCUT2D eigenvalue weighted by Gasteiger charge is 2.04. The Balaban J connectivity index is 3.30. The Kier molecular flexibility index (Phi) is 3.44. The fourth-order valence-corrected chi connectivity index (χ4v) is 0.383. The van der Waals surface area contributed by atoms with Gasteiger partial charge in [-0.1, -0.05) is 13.8 Å². The molecule has 1 atom stereocenters. The van der Waals surface area contributed by atoms with Gasteiger partial charge < -0.3 is 10.5 Å². The molecule has 8 heavy (non-hydrogen) atoms. The predicted molar refractivity (Wildman–Crippen MR) is 33.5 cm³/mol. The minimum atomic E-state index is 0.0486. The number of rotatable bonds is 3. The van der Waals surface area contributed by atoms with Gasteiger partial charge in [-0.25, -0.2) is 0 Å². The average molecular weight is 115 g/mol. The van der Waals surface area contributed by atoms with Crippen LogP contribution in [0.2, 0.25) is 0 Å².